The van der Waals surface area contributed by atoms with Crippen LogP contribution in [0.25, 0.3) is 0 Å². The zero-order valence-corrected chi connectivity index (χ0v) is 15.1. The maximum Gasteiger partial charge on any atom is 0.232 e. The van der Waals surface area contributed by atoms with E-state index in [1.54, 1.807) is 12.4 Å². The van der Waals surface area contributed by atoms with Crippen LogP contribution < -0.4 is 15.4 Å². The molecule has 0 spiro atoms. The Labute approximate surface area is 154 Å². The summed E-state index contributed by atoms with van der Waals surface area (Å²) in [5.41, 5.74) is 1.57. The number of anilines is 1. The number of hydrogen-bond donors (Lipinski definition) is 2. The van der Waals surface area contributed by atoms with Crippen LogP contribution in [0, 0.1) is 18.3 Å². The third kappa shape index (κ3) is 3.19. The van der Waals surface area contributed by atoms with Crippen LogP contribution in [0.3, 0.4) is 0 Å². The van der Waals surface area contributed by atoms with E-state index >= 15 is 0 Å². The van der Waals surface area contributed by atoms with Gasteiger partial charge in [-0.25, -0.2) is 0 Å². The molecule has 1 aliphatic heterocycles. The second kappa shape index (κ2) is 7.08. The van der Waals surface area contributed by atoms with E-state index in [1.165, 1.54) is 6.42 Å². The molecule has 26 heavy (non-hydrogen) atoms. The molecule has 1 aromatic heterocycles. The van der Waals surface area contributed by atoms with Crippen LogP contribution in [-0.2, 0) is 4.79 Å². The fraction of sp³-hybridized carbons (Fsp3) is 0.429. The van der Waals surface area contributed by atoms with Gasteiger partial charge in [-0.1, -0.05) is 12.8 Å². The van der Waals surface area contributed by atoms with Crippen LogP contribution in [0.15, 0.2) is 42.7 Å². The van der Waals surface area contributed by atoms with Crippen molar-refractivity contribution in [3.63, 3.8) is 0 Å². The first kappa shape index (κ1) is 17.0. The molecule has 2 aliphatic rings. The lowest BCUT2D eigenvalue weighted by atomic mass is 9.67. The number of fused-ring (bicyclic) bond motifs is 1. The standard InChI is InChI=1S/C21H25N3O2/c1-15-11-17(7-8-19(15)26-18-6-4-10-22-13-18)24-20(25)21-9-3-2-5-16(21)12-23-14-21/h4,6-8,10-11,13,16,23H,2-3,5,9,12,14H2,1H3,(H,24,25)/t16-,21+/m0/s1. The molecule has 2 aromatic rings. The molecule has 2 atom stereocenters. The van der Waals surface area contributed by atoms with Gasteiger partial charge in [0, 0.05) is 18.4 Å². The third-order valence-electron chi connectivity index (χ3n) is 5.79. The fourth-order valence-corrected chi connectivity index (χ4v) is 4.32. The number of aromatic nitrogens is 1. The highest BCUT2D eigenvalue weighted by Gasteiger charge is 2.49. The number of benzene rings is 1. The average molecular weight is 351 g/mol. The van der Waals surface area contributed by atoms with E-state index in [0.29, 0.717) is 11.7 Å². The summed E-state index contributed by atoms with van der Waals surface area (Å²) in [5.74, 6) is 2.10. The van der Waals surface area contributed by atoms with Gasteiger partial charge in [-0.05, 0) is 68.1 Å². The van der Waals surface area contributed by atoms with E-state index in [0.717, 1.165) is 49.4 Å². The van der Waals surface area contributed by atoms with Gasteiger partial charge >= 0.3 is 0 Å². The van der Waals surface area contributed by atoms with Gasteiger partial charge < -0.3 is 15.4 Å². The number of pyridine rings is 1. The van der Waals surface area contributed by atoms with Crippen molar-refractivity contribution in [1.82, 2.24) is 10.3 Å². The summed E-state index contributed by atoms with van der Waals surface area (Å²) in [7, 11) is 0. The molecular weight excluding hydrogens is 326 g/mol. The van der Waals surface area contributed by atoms with E-state index in [9.17, 15) is 4.79 Å². The lowest BCUT2D eigenvalue weighted by Gasteiger charge is -2.37. The predicted molar refractivity (Wildman–Crippen MR) is 101 cm³/mol. The Kier molecular flexibility index (Phi) is 4.64. The second-order valence-corrected chi connectivity index (χ2v) is 7.45. The van der Waals surface area contributed by atoms with E-state index in [2.05, 4.69) is 15.6 Å². The van der Waals surface area contributed by atoms with Crippen molar-refractivity contribution in [2.24, 2.45) is 11.3 Å². The largest absolute Gasteiger partial charge is 0.455 e. The van der Waals surface area contributed by atoms with Crippen LogP contribution in [0.1, 0.15) is 31.2 Å². The lowest BCUT2D eigenvalue weighted by molar-refractivity contribution is -0.128. The smallest absolute Gasteiger partial charge is 0.232 e. The lowest BCUT2D eigenvalue weighted by Crippen LogP contribution is -2.44. The van der Waals surface area contributed by atoms with Gasteiger partial charge in [-0.2, -0.15) is 0 Å². The number of hydrogen-bond acceptors (Lipinski definition) is 4. The van der Waals surface area contributed by atoms with Crippen LogP contribution in [0.5, 0.6) is 11.5 Å². The maximum absolute atomic E-state index is 13.1. The van der Waals surface area contributed by atoms with Gasteiger partial charge in [0.25, 0.3) is 0 Å². The number of nitrogens with one attached hydrogen (secondary N) is 2. The summed E-state index contributed by atoms with van der Waals surface area (Å²) >= 11 is 0. The minimum absolute atomic E-state index is 0.160. The predicted octanol–water partition coefficient (Wildman–Crippen LogP) is 3.90. The van der Waals surface area contributed by atoms with E-state index in [1.807, 2.05) is 37.3 Å². The molecule has 1 aromatic carbocycles. The molecule has 0 unspecified atom stereocenters. The maximum atomic E-state index is 13.1. The van der Waals surface area contributed by atoms with Gasteiger partial charge in [-0.15, -0.1) is 0 Å². The molecule has 2 heterocycles. The highest BCUT2D eigenvalue weighted by atomic mass is 16.5. The number of ether oxygens (including phenoxy) is 1. The second-order valence-electron chi connectivity index (χ2n) is 7.45. The SMILES string of the molecule is Cc1cc(NC(=O)[C@@]23CCCC[C@H]2CNC3)ccc1Oc1cccnc1. The molecule has 1 saturated carbocycles. The molecule has 2 fully saturated rings. The summed E-state index contributed by atoms with van der Waals surface area (Å²) in [6, 6.07) is 9.50. The normalized spacial score (nSPS) is 24.7. The Morgan fingerprint density at radius 3 is 3.08 bits per heavy atom. The van der Waals surface area contributed by atoms with Gasteiger partial charge in [0.2, 0.25) is 5.91 Å². The van der Waals surface area contributed by atoms with Crippen LogP contribution in [0.2, 0.25) is 0 Å². The minimum Gasteiger partial charge on any atom is -0.455 e. The monoisotopic (exact) mass is 351 g/mol. The number of amides is 1. The zero-order valence-electron chi connectivity index (χ0n) is 15.1. The number of nitrogens with zero attached hydrogens (tertiary/aromatic N) is 1. The minimum atomic E-state index is -0.239. The van der Waals surface area contributed by atoms with Crippen molar-refractivity contribution in [1.29, 1.82) is 0 Å². The highest BCUT2D eigenvalue weighted by Crippen LogP contribution is 2.44. The van der Waals surface area contributed by atoms with Crippen molar-refractivity contribution >= 4 is 11.6 Å². The molecule has 0 radical (unpaired) electrons. The average Bonchev–Trinajstić information content (AvgIpc) is 3.10. The Morgan fingerprint density at radius 2 is 2.27 bits per heavy atom. The van der Waals surface area contributed by atoms with Crippen molar-refractivity contribution in [2.75, 3.05) is 18.4 Å². The van der Waals surface area contributed by atoms with E-state index in [-0.39, 0.29) is 11.3 Å². The number of aryl methyl sites for hydroxylation is 1. The molecule has 1 aliphatic carbocycles. The Hall–Kier alpha value is -2.40. The first-order valence-electron chi connectivity index (χ1n) is 9.38. The van der Waals surface area contributed by atoms with Gasteiger partial charge in [0.1, 0.15) is 11.5 Å². The zero-order chi connectivity index (χ0) is 18.0. The molecule has 1 amide bonds. The summed E-state index contributed by atoms with van der Waals surface area (Å²) in [6.45, 7) is 3.75. The Morgan fingerprint density at radius 1 is 1.35 bits per heavy atom. The molecule has 5 nitrogen and oxygen atoms in total. The third-order valence-corrected chi connectivity index (χ3v) is 5.79. The molecule has 136 valence electrons. The molecular formula is C21H25N3O2. The topological polar surface area (TPSA) is 63.2 Å². The van der Waals surface area contributed by atoms with E-state index in [4.69, 9.17) is 4.74 Å². The fourth-order valence-electron chi connectivity index (χ4n) is 4.32. The van der Waals surface area contributed by atoms with Gasteiger partial charge in [0.05, 0.1) is 11.6 Å². The summed E-state index contributed by atoms with van der Waals surface area (Å²) in [5, 5.41) is 6.59. The van der Waals surface area contributed by atoms with Gasteiger partial charge in [-0.3, -0.25) is 9.78 Å². The number of carbonyl (C=O) groups is 1. The summed E-state index contributed by atoms with van der Waals surface area (Å²) in [4.78, 5) is 17.1. The summed E-state index contributed by atoms with van der Waals surface area (Å²) < 4.78 is 5.87. The molecule has 1 saturated heterocycles. The molecule has 2 N–H and O–H groups in total. The number of rotatable bonds is 4. The van der Waals surface area contributed by atoms with Crippen LogP contribution in [-0.4, -0.2) is 24.0 Å². The highest BCUT2D eigenvalue weighted by molar-refractivity contribution is 5.96. The quantitative estimate of drug-likeness (QED) is 0.877. The summed E-state index contributed by atoms with van der Waals surface area (Å²) in [6.07, 6.45) is 7.91. The van der Waals surface area contributed by atoms with Gasteiger partial charge in [0.15, 0.2) is 0 Å². The van der Waals surface area contributed by atoms with Crippen molar-refractivity contribution in [2.45, 2.75) is 32.6 Å². The van der Waals surface area contributed by atoms with Crippen LogP contribution >= 0.6 is 0 Å². The first-order chi connectivity index (χ1) is 12.7. The van der Waals surface area contributed by atoms with Crippen molar-refractivity contribution in [3.05, 3.63) is 48.3 Å². The van der Waals surface area contributed by atoms with Crippen molar-refractivity contribution in [3.8, 4) is 11.5 Å². The number of carbonyl (C=O) groups excluding carboxylic acids is 1. The molecule has 0 bridgehead atoms. The molecule has 5 heteroatoms. The van der Waals surface area contributed by atoms with Crippen molar-refractivity contribution < 1.29 is 9.53 Å². The Bertz CT molecular complexity index is 793. The first-order valence-corrected chi connectivity index (χ1v) is 9.38. The molecule has 4 rings (SSSR count). The van der Waals surface area contributed by atoms with E-state index < -0.39 is 0 Å². The Balaban J connectivity index is 1.48. The van der Waals surface area contributed by atoms with Crippen LogP contribution in [0.4, 0.5) is 5.69 Å².